The first-order chi connectivity index (χ1) is 8.44. The lowest BCUT2D eigenvalue weighted by Crippen LogP contribution is -2.02. The van der Waals surface area contributed by atoms with Crippen LogP contribution in [0.1, 0.15) is 5.89 Å². The molecule has 0 atom stereocenters. The van der Waals surface area contributed by atoms with Gasteiger partial charge in [-0.1, -0.05) is 0 Å². The highest BCUT2D eigenvalue weighted by molar-refractivity contribution is 7.85. The summed E-state index contributed by atoms with van der Waals surface area (Å²) in [5.74, 6) is 0.209. The molecule has 0 amide bonds. The Morgan fingerprint density at radius 2 is 2.00 bits per heavy atom. The first-order valence-corrected chi connectivity index (χ1v) is 6.81. The molecule has 2 rings (SSSR count). The molecule has 18 heavy (non-hydrogen) atoms. The van der Waals surface area contributed by atoms with Gasteiger partial charge < -0.3 is 4.42 Å². The minimum Gasteiger partial charge on any atom is -0.438 e. The van der Waals surface area contributed by atoms with Crippen molar-refractivity contribution in [3.63, 3.8) is 0 Å². The minimum absolute atomic E-state index is 0.139. The van der Waals surface area contributed by atoms with Gasteiger partial charge in [0.05, 0.1) is 12.5 Å². The number of oxazole rings is 1. The van der Waals surface area contributed by atoms with E-state index in [9.17, 15) is 12.8 Å². The van der Waals surface area contributed by atoms with Gasteiger partial charge in [0.25, 0.3) is 10.1 Å². The SMILES string of the molecule is CS(=O)(=O)OCc1ncc(-c2ccc(F)cc2)o1. The van der Waals surface area contributed by atoms with Crippen LogP contribution in [0.25, 0.3) is 11.3 Å². The van der Waals surface area contributed by atoms with Crippen molar-refractivity contribution < 1.29 is 21.4 Å². The summed E-state index contributed by atoms with van der Waals surface area (Å²) in [7, 11) is -3.53. The Kier molecular flexibility index (Phi) is 3.44. The summed E-state index contributed by atoms with van der Waals surface area (Å²) in [6.07, 6.45) is 2.37. The maximum atomic E-state index is 12.7. The fourth-order valence-corrected chi connectivity index (χ4v) is 1.60. The Bertz CT molecular complexity index is 633. The standard InChI is InChI=1S/C11H10FNO4S/c1-18(14,15)16-7-11-13-6-10(17-11)8-2-4-9(12)5-3-8/h2-6H,7H2,1H3. The predicted octanol–water partition coefficient (Wildman–Crippen LogP) is 1.96. The molecular formula is C11H10FNO4S. The average Bonchev–Trinajstić information content (AvgIpc) is 2.75. The van der Waals surface area contributed by atoms with Gasteiger partial charge in [0.15, 0.2) is 5.76 Å². The Morgan fingerprint density at radius 3 is 2.61 bits per heavy atom. The fourth-order valence-electron chi connectivity index (χ4n) is 1.28. The summed E-state index contributed by atoms with van der Waals surface area (Å²) in [4.78, 5) is 3.87. The molecule has 0 aliphatic heterocycles. The Balaban J connectivity index is 2.13. The molecule has 2 aromatic rings. The maximum absolute atomic E-state index is 12.7. The van der Waals surface area contributed by atoms with Gasteiger partial charge in [0.2, 0.25) is 5.89 Å². The minimum atomic E-state index is -3.53. The Morgan fingerprint density at radius 1 is 1.33 bits per heavy atom. The van der Waals surface area contributed by atoms with Gasteiger partial charge in [-0.15, -0.1) is 0 Å². The zero-order valence-electron chi connectivity index (χ0n) is 9.46. The second-order valence-corrected chi connectivity index (χ2v) is 5.24. The largest absolute Gasteiger partial charge is 0.438 e. The lowest BCUT2D eigenvalue weighted by Gasteiger charge is -1.97. The highest BCUT2D eigenvalue weighted by Crippen LogP contribution is 2.20. The zero-order valence-corrected chi connectivity index (χ0v) is 10.3. The second kappa shape index (κ2) is 4.87. The fraction of sp³-hybridized carbons (Fsp3) is 0.182. The molecule has 5 nitrogen and oxygen atoms in total. The van der Waals surface area contributed by atoms with E-state index in [2.05, 4.69) is 9.17 Å². The van der Waals surface area contributed by atoms with Crippen molar-refractivity contribution in [3.8, 4) is 11.3 Å². The lowest BCUT2D eigenvalue weighted by molar-refractivity contribution is 0.271. The molecule has 0 fully saturated rings. The van der Waals surface area contributed by atoms with Crippen molar-refractivity contribution in [3.05, 3.63) is 42.2 Å². The molecule has 0 unspecified atom stereocenters. The lowest BCUT2D eigenvalue weighted by atomic mass is 10.2. The average molecular weight is 271 g/mol. The molecule has 0 saturated carbocycles. The van der Waals surface area contributed by atoms with Crippen LogP contribution in [0.4, 0.5) is 4.39 Å². The number of halogens is 1. The Labute approximate surface area is 103 Å². The first kappa shape index (κ1) is 12.7. The number of nitrogens with zero attached hydrogens (tertiary/aromatic N) is 1. The summed E-state index contributed by atoms with van der Waals surface area (Å²) in [5.41, 5.74) is 0.648. The molecule has 0 N–H and O–H groups in total. The van der Waals surface area contributed by atoms with E-state index >= 15 is 0 Å². The van der Waals surface area contributed by atoms with E-state index in [1.54, 1.807) is 0 Å². The van der Waals surface area contributed by atoms with E-state index in [0.717, 1.165) is 6.26 Å². The smallest absolute Gasteiger partial charge is 0.264 e. The summed E-state index contributed by atoms with van der Waals surface area (Å²) < 4.78 is 44.1. The van der Waals surface area contributed by atoms with Crippen LogP contribution in [0.3, 0.4) is 0 Å². The van der Waals surface area contributed by atoms with Crippen molar-refractivity contribution in [1.82, 2.24) is 4.98 Å². The third-order valence-corrected chi connectivity index (χ3v) is 2.62. The zero-order chi connectivity index (χ0) is 13.2. The molecule has 0 spiro atoms. The molecular weight excluding hydrogens is 261 g/mol. The van der Waals surface area contributed by atoms with Gasteiger partial charge in [-0.25, -0.2) is 9.37 Å². The molecule has 0 aliphatic rings. The van der Waals surface area contributed by atoms with Crippen LogP contribution in [-0.4, -0.2) is 19.7 Å². The van der Waals surface area contributed by atoms with E-state index in [0.29, 0.717) is 11.3 Å². The maximum Gasteiger partial charge on any atom is 0.264 e. The molecule has 1 aromatic heterocycles. The van der Waals surface area contributed by atoms with Crippen LogP contribution >= 0.6 is 0 Å². The quantitative estimate of drug-likeness (QED) is 0.795. The van der Waals surface area contributed by atoms with Gasteiger partial charge in [-0.05, 0) is 24.3 Å². The third kappa shape index (κ3) is 3.38. The summed E-state index contributed by atoms with van der Waals surface area (Å²) in [6.45, 7) is -0.264. The van der Waals surface area contributed by atoms with Crippen LogP contribution in [0.5, 0.6) is 0 Å². The normalized spacial score (nSPS) is 11.7. The van der Waals surface area contributed by atoms with Gasteiger partial charge in [-0.3, -0.25) is 4.18 Å². The molecule has 1 heterocycles. The van der Waals surface area contributed by atoms with Gasteiger partial charge in [0, 0.05) is 5.56 Å². The van der Waals surface area contributed by atoms with Gasteiger partial charge in [0.1, 0.15) is 12.4 Å². The molecule has 96 valence electrons. The van der Waals surface area contributed by atoms with Crippen molar-refractivity contribution in [2.75, 3.05) is 6.26 Å². The molecule has 0 radical (unpaired) electrons. The summed E-state index contributed by atoms with van der Waals surface area (Å²) in [6, 6.07) is 5.67. The van der Waals surface area contributed by atoms with Crippen molar-refractivity contribution in [2.45, 2.75) is 6.61 Å². The van der Waals surface area contributed by atoms with E-state index < -0.39 is 10.1 Å². The highest BCUT2D eigenvalue weighted by atomic mass is 32.2. The number of hydrogen-bond donors (Lipinski definition) is 0. The van der Waals surface area contributed by atoms with Crippen LogP contribution in [-0.2, 0) is 20.9 Å². The summed E-state index contributed by atoms with van der Waals surface area (Å²) in [5, 5.41) is 0. The number of aromatic nitrogens is 1. The molecule has 0 saturated heterocycles. The molecule has 7 heteroatoms. The number of benzene rings is 1. The van der Waals surface area contributed by atoms with Crippen molar-refractivity contribution >= 4 is 10.1 Å². The van der Waals surface area contributed by atoms with E-state index in [1.807, 2.05) is 0 Å². The van der Waals surface area contributed by atoms with Crippen molar-refractivity contribution in [1.29, 1.82) is 0 Å². The van der Waals surface area contributed by atoms with Crippen LogP contribution in [0.2, 0.25) is 0 Å². The topological polar surface area (TPSA) is 69.4 Å². The van der Waals surface area contributed by atoms with Crippen LogP contribution < -0.4 is 0 Å². The predicted molar refractivity (Wildman–Crippen MR) is 61.5 cm³/mol. The van der Waals surface area contributed by atoms with Gasteiger partial charge >= 0.3 is 0 Å². The van der Waals surface area contributed by atoms with E-state index in [4.69, 9.17) is 4.42 Å². The third-order valence-electron chi connectivity index (χ3n) is 2.08. The monoisotopic (exact) mass is 271 g/mol. The molecule has 1 aromatic carbocycles. The number of rotatable bonds is 4. The number of hydrogen-bond acceptors (Lipinski definition) is 5. The Hall–Kier alpha value is -1.73. The van der Waals surface area contributed by atoms with Gasteiger partial charge in [-0.2, -0.15) is 8.42 Å². The molecule has 0 aliphatic carbocycles. The summed E-state index contributed by atoms with van der Waals surface area (Å²) >= 11 is 0. The molecule has 0 bridgehead atoms. The van der Waals surface area contributed by atoms with Crippen molar-refractivity contribution in [2.24, 2.45) is 0 Å². The highest BCUT2D eigenvalue weighted by Gasteiger charge is 2.09. The first-order valence-electron chi connectivity index (χ1n) is 4.99. The van der Waals surface area contributed by atoms with Crippen LogP contribution in [0, 0.1) is 5.82 Å². The van der Waals surface area contributed by atoms with Crippen LogP contribution in [0.15, 0.2) is 34.9 Å². The second-order valence-electron chi connectivity index (χ2n) is 3.59. The van der Waals surface area contributed by atoms with E-state index in [-0.39, 0.29) is 18.3 Å². The van der Waals surface area contributed by atoms with E-state index in [1.165, 1.54) is 30.5 Å².